The number of aliphatic hydroxyl groups excluding tert-OH is 1. The van der Waals surface area contributed by atoms with E-state index >= 15 is 0 Å². The first-order valence-corrected chi connectivity index (χ1v) is 8.34. The summed E-state index contributed by atoms with van der Waals surface area (Å²) in [5.74, 6) is 0.0862. The highest BCUT2D eigenvalue weighted by molar-refractivity contribution is 5.94. The number of hydrogen-bond donors (Lipinski definition) is 2. The Labute approximate surface area is 144 Å². The van der Waals surface area contributed by atoms with E-state index in [-0.39, 0.29) is 18.4 Å². The van der Waals surface area contributed by atoms with Crippen LogP contribution in [0.5, 0.6) is 0 Å². The van der Waals surface area contributed by atoms with E-state index in [4.69, 9.17) is 0 Å². The van der Waals surface area contributed by atoms with Crippen molar-refractivity contribution in [1.29, 1.82) is 0 Å². The van der Waals surface area contributed by atoms with Crippen LogP contribution in [0.1, 0.15) is 29.8 Å². The molecule has 4 nitrogen and oxygen atoms in total. The third-order valence-electron chi connectivity index (χ3n) is 3.97. The molecule has 2 aromatic rings. The van der Waals surface area contributed by atoms with E-state index in [0.717, 1.165) is 23.4 Å². The zero-order chi connectivity index (χ0) is 17.4. The maximum absolute atomic E-state index is 11.5. The van der Waals surface area contributed by atoms with Crippen LogP contribution >= 0.6 is 0 Å². The van der Waals surface area contributed by atoms with Gasteiger partial charge in [0.25, 0.3) is 0 Å². The molecule has 0 radical (unpaired) electrons. The van der Waals surface area contributed by atoms with Gasteiger partial charge in [0, 0.05) is 36.9 Å². The van der Waals surface area contributed by atoms with E-state index < -0.39 is 0 Å². The molecule has 1 atom stereocenters. The van der Waals surface area contributed by atoms with E-state index in [1.54, 1.807) is 6.92 Å². The van der Waals surface area contributed by atoms with Crippen LogP contribution in [0, 0.1) is 0 Å². The molecule has 0 amide bonds. The summed E-state index contributed by atoms with van der Waals surface area (Å²) in [7, 11) is 0. The fourth-order valence-corrected chi connectivity index (χ4v) is 2.67. The molecule has 0 fully saturated rings. The number of aliphatic hydroxyl groups is 1. The molecule has 0 heterocycles. The quantitative estimate of drug-likeness (QED) is 0.696. The first-order valence-electron chi connectivity index (χ1n) is 8.34. The fraction of sp³-hybridized carbons (Fsp3) is 0.350. The molecular formula is C20H26N2O2. The Kier molecular flexibility index (Phi) is 6.97. The van der Waals surface area contributed by atoms with Crippen LogP contribution in [-0.2, 0) is 6.54 Å². The van der Waals surface area contributed by atoms with Gasteiger partial charge in [0.05, 0.1) is 6.61 Å². The number of Topliss-reactive ketones (excluding diaryl/α,β-unsaturated/α-hetero) is 1. The molecule has 2 aromatic carbocycles. The van der Waals surface area contributed by atoms with E-state index in [2.05, 4.69) is 29.3 Å². The van der Waals surface area contributed by atoms with Gasteiger partial charge in [-0.2, -0.15) is 0 Å². The largest absolute Gasteiger partial charge is 0.395 e. The number of para-hydroxylation sites is 1. The number of carbonyl (C=O) groups is 1. The van der Waals surface area contributed by atoms with Crippen molar-refractivity contribution in [3.05, 3.63) is 65.7 Å². The molecule has 0 aliphatic carbocycles. The standard InChI is InChI=1S/C20H26N2O2/c1-16(15-22(11-12-23)20-9-4-3-5-10-20)21-14-18-7-6-8-19(13-18)17(2)24/h3-10,13,16,21,23H,11-12,14-15H2,1-2H3. The highest BCUT2D eigenvalue weighted by atomic mass is 16.3. The third-order valence-corrected chi connectivity index (χ3v) is 3.97. The van der Waals surface area contributed by atoms with Gasteiger partial charge in [-0.15, -0.1) is 0 Å². The summed E-state index contributed by atoms with van der Waals surface area (Å²) >= 11 is 0. The number of rotatable bonds is 9. The lowest BCUT2D eigenvalue weighted by atomic mass is 10.1. The van der Waals surface area contributed by atoms with E-state index in [1.165, 1.54) is 0 Å². The minimum atomic E-state index is 0.0862. The van der Waals surface area contributed by atoms with Crippen molar-refractivity contribution < 1.29 is 9.90 Å². The number of anilines is 1. The lowest BCUT2D eigenvalue weighted by molar-refractivity contribution is 0.101. The van der Waals surface area contributed by atoms with Gasteiger partial charge in [0.15, 0.2) is 5.78 Å². The van der Waals surface area contributed by atoms with Crippen molar-refractivity contribution in [2.75, 3.05) is 24.6 Å². The van der Waals surface area contributed by atoms with Crippen LogP contribution in [0.25, 0.3) is 0 Å². The molecule has 0 spiro atoms. The minimum absolute atomic E-state index is 0.0862. The van der Waals surface area contributed by atoms with E-state index in [9.17, 15) is 9.90 Å². The summed E-state index contributed by atoms with van der Waals surface area (Å²) in [6.45, 7) is 5.96. The molecule has 0 saturated heterocycles. The molecule has 2 rings (SSSR count). The second-order valence-electron chi connectivity index (χ2n) is 6.04. The van der Waals surface area contributed by atoms with Crippen molar-refractivity contribution in [1.82, 2.24) is 5.32 Å². The topological polar surface area (TPSA) is 52.6 Å². The van der Waals surface area contributed by atoms with Crippen molar-refractivity contribution in [3.8, 4) is 0 Å². The molecule has 0 aromatic heterocycles. The average molecular weight is 326 g/mol. The molecule has 4 heteroatoms. The number of ketones is 1. The predicted octanol–water partition coefficient (Wildman–Crippen LogP) is 2.87. The monoisotopic (exact) mass is 326 g/mol. The molecule has 2 N–H and O–H groups in total. The number of carbonyl (C=O) groups excluding carboxylic acids is 1. The van der Waals surface area contributed by atoms with Crippen molar-refractivity contribution in [3.63, 3.8) is 0 Å². The SMILES string of the molecule is CC(=O)c1cccc(CNC(C)CN(CCO)c2ccccc2)c1. The van der Waals surface area contributed by atoms with Crippen LogP contribution in [0.4, 0.5) is 5.69 Å². The number of nitrogens with one attached hydrogen (secondary N) is 1. The van der Waals surface area contributed by atoms with Crippen LogP contribution in [-0.4, -0.2) is 36.6 Å². The number of benzene rings is 2. The zero-order valence-corrected chi connectivity index (χ0v) is 14.4. The van der Waals surface area contributed by atoms with Gasteiger partial charge < -0.3 is 15.3 Å². The molecular weight excluding hydrogens is 300 g/mol. The lowest BCUT2D eigenvalue weighted by Crippen LogP contribution is -2.40. The Balaban J connectivity index is 1.92. The second-order valence-corrected chi connectivity index (χ2v) is 6.04. The highest BCUT2D eigenvalue weighted by Gasteiger charge is 2.10. The molecule has 1 unspecified atom stereocenters. The van der Waals surface area contributed by atoms with Crippen molar-refractivity contribution >= 4 is 11.5 Å². The normalized spacial score (nSPS) is 12.0. The Bertz CT molecular complexity index is 643. The Morgan fingerprint density at radius 1 is 1.17 bits per heavy atom. The summed E-state index contributed by atoms with van der Waals surface area (Å²) < 4.78 is 0. The number of nitrogens with zero attached hydrogens (tertiary/aromatic N) is 1. The summed E-state index contributed by atoms with van der Waals surface area (Å²) in [6, 6.07) is 18.1. The average Bonchev–Trinajstić information content (AvgIpc) is 2.60. The third kappa shape index (κ3) is 5.48. The Morgan fingerprint density at radius 2 is 1.92 bits per heavy atom. The summed E-state index contributed by atoms with van der Waals surface area (Å²) in [4.78, 5) is 13.6. The molecule has 128 valence electrons. The van der Waals surface area contributed by atoms with Crippen molar-refractivity contribution in [2.24, 2.45) is 0 Å². The molecule has 0 bridgehead atoms. The van der Waals surface area contributed by atoms with Gasteiger partial charge in [0.1, 0.15) is 0 Å². The molecule has 0 saturated carbocycles. The fourth-order valence-electron chi connectivity index (χ4n) is 2.67. The summed E-state index contributed by atoms with van der Waals surface area (Å²) in [6.07, 6.45) is 0. The predicted molar refractivity (Wildman–Crippen MR) is 98.5 cm³/mol. The van der Waals surface area contributed by atoms with Crippen LogP contribution in [0.2, 0.25) is 0 Å². The maximum atomic E-state index is 11.5. The van der Waals surface area contributed by atoms with Crippen LogP contribution in [0.3, 0.4) is 0 Å². The molecule has 0 aliphatic heterocycles. The Morgan fingerprint density at radius 3 is 2.58 bits per heavy atom. The van der Waals surface area contributed by atoms with Gasteiger partial charge >= 0.3 is 0 Å². The smallest absolute Gasteiger partial charge is 0.159 e. The van der Waals surface area contributed by atoms with Crippen LogP contribution < -0.4 is 10.2 Å². The van der Waals surface area contributed by atoms with Crippen molar-refractivity contribution in [2.45, 2.75) is 26.4 Å². The Hall–Kier alpha value is -2.17. The molecule has 24 heavy (non-hydrogen) atoms. The number of hydrogen-bond acceptors (Lipinski definition) is 4. The van der Waals surface area contributed by atoms with Gasteiger partial charge in [-0.3, -0.25) is 4.79 Å². The van der Waals surface area contributed by atoms with Gasteiger partial charge in [-0.05, 0) is 37.6 Å². The second kappa shape index (κ2) is 9.21. The summed E-state index contributed by atoms with van der Waals surface area (Å²) in [5.41, 5.74) is 2.95. The molecule has 0 aliphatic rings. The van der Waals surface area contributed by atoms with E-state index in [0.29, 0.717) is 13.1 Å². The zero-order valence-electron chi connectivity index (χ0n) is 14.4. The first-order chi connectivity index (χ1) is 11.6. The van der Waals surface area contributed by atoms with E-state index in [1.807, 2.05) is 42.5 Å². The van der Waals surface area contributed by atoms with Gasteiger partial charge in [-0.1, -0.05) is 36.4 Å². The maximum Gasteiger partial charge on any atom is 0.159 e. The van der Waals surface area contributed by atoms with Gasteiger partial charge in [0.2, 0.25) is 0 Å². The highest BCUT2D eigenvalue weighted by Crippen LogP contribution is 2.13. The lowest BCUT2D eigenvalue weighted by Gasteiger charge is -2.28. The van der Waals surface area contributed by atoms with Crippen LogP contribution in [0.15, 0.2) is 54.6 Å². The minimum Gasteiger partial charge on any atom is -0.395 e. The first kappa shape index (κ1) is 18.2. The summed E-state index contributed by atoms with van der Waals surface area (Å²) in [5, 5.41) is 12.8. The van der Waals surface area contributed by atoms with Gasteiger partial charge in [-0.25, -0.2) is 0 Å².